The van der Waals surface area contributed by atoms with Gasteiger partial charge in [-0.1, -0.05) is 29.8 Å². The highest BCUT2D eigenvalue weighted by molar-refractivity contribution is 5.91. The molecule has 0 bridgehead atoms. The number of hydrogen-bond acceptors (Lipinski definition) is 4. The molecule has 0 fully saturated rings. The molecule has 3 aromatic rings. The molecule has 0 aliphatic carbocycles. The normalized spacial score (nSPS) is 10.8. The number of aryl methyl sites for hydroxylation is 1. The highest BCUT2D eigenvalue weighted by atomic mass is 19.1. The smallest absolute Gasteiger partial charge is 0.338 e. The van der Waals surface area contributed by atoms with Crippen LogP contribution in [0.15, 0.2) is 58.1 Å². The Morgan fingerprint density at radius 1 is 1.07 bits per heavy atom. The molecule has 3 rings (SSSR count). The lowest BCUT2D eigenvalue weighted by Crippen LogP contribution is -2.46. The molecule has 0 unspecified atom stereocenters. The quantitative estimate of drug-likeness (QED) is 0.625. The molecule has 0 spiro atoms. The average Bonchev–Trinajstić information content (AvgIpc) is 2.73. The van der Waals surface area contributed by atoms with Gasteiger partial charge >= 0.3 is 5.69 Å². The van der Waals surface area contributed by atoms with Crippen molar-refractivity contribution in [2.45, 2.75) is 27.3 Å². The van der Waals surface area contributed by atoms with Crippen LogP contribution in [0.1, 0.15) is 35.5 Å². The van der Waals surface area contributed by atoms with Crippen LogP contribution < -0.4 is 11.2 Å². The molecule has 0 radical (unpaired) electrons. The fraction of sp³-hybridized carbons (Fsp3) is 0.273. The fourth-order valence-electron chi connectivity index (χ4n) is 3.19. The summed E-state index contributed by atoms with van der Waals surface area (Å²) in [5, 5.41) is 4.07. The number of carbonyl (C=O) groups is 1. The summed E-state index contributed by atoms with van der Waals surface area (Å²) in [5.41, 5.74) is 0.171. The molecule has 0 aliphatic heterocycles. The largest absolute Gasteiger partial charge is 0.352 e. The maximum atomic E-state index is 13.4. The predicted molar refractivity (Wildman–Crippen MR) is 112 cm³/mol. The first-order chi connectivity index (χ1) is 14.3. The first-order valence-electron chi connectivity index (χ1n) is 9.70. The maximum Gasteiger partial charge on any atom is 0.352 e. The van der Waals surface area contributed by atoms with Gasteiger partial charge in [-0.3, -0.25) is 14.2 Å². The lowest BCUT2D eigenvalue weighted by molar-refractivity contribution is 0.0761. The first kappa shape index (κ1) is 21.2. The van der Waals surface area contributed by atoms with E-state index < -0.39 is 23.0 Å². The van der Waals surface area contributed by atoms with Crippen molar-refractivity contribution in [1.82, 2.24) is 19.2 Å². The molecule has 2 aromatic carbocycles. The number of amides is 1. The molecule has 8 heteroatoms. The van der Waals surface area contributed by atoms with Gasteiger partial charge in [0.2, 0.25) is 5.69 Å². The topological polar surface area (TPSA) is 77.2 Å². The van der Waals surface area contributed by atoms with Gasteiger partial charge in [-0.15, -0.1) is 0 Å². The van der Waals surface area contributed by atoms with E-state index in [9.17, 15) is 18.8 Å². The van der Waals surface area contributed by atoms with Crippen LogP contribution in [0.2, 0.25) is 0 Å². The van der Waals surface area contributed by atoms with E-state index in [1.807, 2.05) is 25.1 Å². The number of aromatic nitrogens is 3. The van der Waals surface area contributed by atoms with Crippen molar-refractivity contribution >= 4 is 5.91 Å². The van der Waals surface area contributed by atoms with Gasteiger partial charge in [0.1, 0.15) is 5.82 Å². The molecule has 0 saturated carbocycles. The number of carbonyl (C=O) groups excluding carboxylic acids is 1. The van der Waals surface area contributed by atoms with Crippen LogP contribution in [0.5, 0.6) is 0 Å². The predicted octanol–water partition coefficient (Wildman–Crippen LogP) is 2.37. The summed E-state index contributed by atoms with van der Waals surface area (Å²) in [6, 6.07) is 12.5. The number of hydrogen-bond donors (Lipinski definition) is 0. The molecule has 1 aromatic heterocycles. The van der Waals surface area contributed by atoms with Crippen molar-refractivity contribution in [3.63, 3.8) is 0 Å². The third kappa shape index (κ3) is 4.22. The van der Waals surface area contributed by atoms with Crippen molar-refractivity contribution in [2.75, 3.05) is 13.1 Å². The molecule has 0 aliphatic rings. The van der Waals surface area contributed by atoms with Crippen molar-refractivity contribution in [1.29, 1.82) is 0 Å². The molecule has 156 valence electrons. The summed E-state index contributed by atoms with van der Waals surface area (Å²) >= 11 is 0. The number of benzene rings is 2. The Hall–Kier alpha value is -3.55. The molecule has 0 N–H and O–H groups in total. The van der Waals surface area contributed by atoms with Crippen LogP contribution in [0, 0.1) is 12.7 Å². The van der Waals surface area contributed by atoms with E-state index in [0.717, 1.165) is 20.4 Å². The second-order valence-corrected chi connectivity index (χ2v) is 6.88. The van der Waals surface area contributed by atoms with Gasteiger partial charge in [0.25, 0.3) is 11.5 Å². The fourth-order valence-corrected chi connectivity index (χ4v) is 3.19. The second-order valence-electron chi connectivity index (χ2n) is 6.88. The van der Waals surface area contributed by atoms with Gasteiger partial charge in [0.05, 0.1) is 12.2 Å². The van der Waals surface area contributed by atoms with E-state index >= 15 is 0 Å². The third-order valence-electron chi connectivity index (χ3n) is 4.81. The van der Waals surface area contributed by atoms with Crippen LogP contribution in [-0.4, -0.2) is 38.2 Å². The van der Waals surface area contributed by atoms with Crippen LogP contribution >= 0.6 is 0 Å². The molecule has 7 nitrogen and oxygen atoms in total. The Balaban J connectivity index is 2.24. The standard InChI is InChI=1S/C22H23FN4O3/c1-4-25(5-2)20(28)19-21(29)26(14-16-8-6-7-15(3)13-16)22(30)27(24-19)18-11-9-17(23)10-12-18/h6-13H,4-5,14H2,1-3H3. The monoisotopic (exact) mass is 410 g/mol. The minimum absolute atomic E-state index is 0.0123. The van der Waals surface area contributed by atoms with E-state index in [2.05, 4.69) is 5.10 Å². The third-order valence-corrected chi connectivity index (χ3v) is 4.81. The van der Waals surface area contributed by atoms with Gasteiger partial charge in [-0.25, -0.2) is 9.18 Å². The van der Waals surface area contributed by atoms with Crippen molar-refractivity contribution < 1.29 is 9.18 Å². The summed E-state index contributed by atoms with van der Waals surface area (Å²) in [6.45, 7) is 6.27. The molecule has 0 saturated heterocycles. The van der Waals surface area contributed by atoms with Gasteiger partial charge in [-0.05, 0) is 50.6 Å². The number of halogens is 1. The lowest BCUT2D eigenvalue weighted by Gasteiger charge is -2.19. The van der Waals surface area contributed by atoms with Crippen molar-refractivity contribution in [3.05, 3.63) is 92.0 Å². The Morgan fingerprint density at radius 3 is 2.33 bits per heavy atom. The Labute approximate surface area is 173 Å². The van der Waals surface area contributed by atoms with Gasteiger partial charge in [-0.2, -0.15) is 9.78 Å². The summed E-state index contributed by atoms with van der Waals surface area (Å²) in [5.74, 6) is -1.03. The van der Waals surface area contributed by atoms with Crippen molar-refractivity contribution in [3.8, 4) is 5.69 Å². The minimum atomic E-state index is -0.753. The summed E-state index contributed by atoms with van der Waals surface area (Å²) < 4.78 is 15.3. The molecular weight excluding hydrogens is 387 g/mol. The Kier molecular flexibility index (Phi) is 6.25. The molecule has 30 heavy (non-hydrogen) atoms. The molecular formula is C22H23FN4O3. The summed E-state index contributed by atoms with van der Waals surface area (Å²) in [6.07, 6.45) is 0. The first-order valence-corrected chi connectivity index (χ1v) is 9.70. The number of rotatable bonds is 6. The van der Waals surface area contributed by atoms with Gasteiger partial charge in [0, 0.05) is 13.1 Å². The summed E-state index contributed by atoms with van der Waals surface area (Å²) in [4.78, 5) is 40.5. The van der Waals surface area contributed by atoms with Gasteiger partial charge in [0.15, 0.2) is 0 Å². The van der Waals surface area contributed by atoms with Crippen LogP contribution in [0.4, 0.5) is 4.39 Å². The Morgan fingerprint density at radius 2 is 1.73 bits per heavy atom. The lowest BCUT2D eigenvalue weighted by atomic mass is 10.1. The zero-order valence-corrected chi connectivity index (χ0v) is 17.1. The highest BCUT2D eigenvalue weighted by Gasteiger charge is 2.23. The molecule has 1 heterocycles. The van der Waals surface area contributed by atoms with Crippen molar-refractivity contribution in [2.24, 2.45) is 0 Å². The zero-order chi connectivity index (χ0) is 21.8. The van der Waals surface area contributed by atoms with Crippen LogP contribution in [0.3, 0.4) is 0 Å². The number of nitrogens with zero attached hydrogens (tertiary/aromatic N) is 4. The maximum absolute atomic E-state index is 13.4. The van der Waals surface area contributed by atoms with E-state index in [-0.39, 0.29) is 17.9 Å². The molecule has 0 atom stereocenters. The highest BCUT2D eigenvalue weighted by Crippen LogP contribution is 2.08. The van der Waals surface area contributed by atoms with Crippen LogP contribution in [-0.2, 0) is 6.54 Å². The van der Waals surface area contributed by atoms with E-state index in [1.165, 1.54) is 29.2 Å². The Bertz CT molecular complexity index is 1180. The van der Waals surface area contributed by atoms with E-state index in [0.29, 0.717) is 13.1 Å². The van der Waals surface area contributed by atoms with Crippen LogP contribution in [0.25, 0.3) is 5.69 Å². The SMILES string of the molecule is CCN(CC)C(=O)c1nn(-c2ccc(F)cc2)c(=O)n(Cc2cccc(C)c2)c1=O. The summed E-state index contributed by atoms with van der Waals surface area (Å²) in [7, 11) is 0. The van der Waals surface area contributed by atoms with E-state index in [1.54, 1.807) is 19.9 Å². The van der Waals surface area contributed by atoms with Gasteiger partial charge < -0.3 is 4.90 Å². The second kappa shape index (κ2) is 8.86. The average molecular weight is 410 g/mol. The molecule has 1 amide bonds. The van der Waals surface area contributed by atoms with E-state index in [4.69, 9.17) is 0 Å². The zero-order valence-electron chi connectivity index (χ0n) is 17.1. The minimum Gasteiger partial charge on any atom is -0.338 e.